The number of nitrogens with zero attached hydrogens (tertiary/aromatic N) is 1. The average Bonchev–Trinajstić information content (AvgIpc) is 3.39. The Balaban J connectivity index is 0.00000208. The minimum Gasteiger partial charge on any atom is -0.343 e. The molecule has 24 heavy (non-hydrogen) atoms. The summed E-state index contributed by atoms with van der Waals surface area (Å²) < 4.78 is 12.8. The molecule has 0 spiro atoms. The van der Waals surface area contributed by atoms with Gasteiger partial charge in [0.05, 0.1) is 0 Å². The number of hydrogen-bond acceptors (Lipinski definition) is 3. The maximum absolute atomic E-state index is 12.8. The Bertz CT molecular complexity index is 516. The molecule has 2 fully saturated rings. The number of amides is 1. The van der Waals surface area contributed by atoms with E-state index in [4.69, 9.17) is 0 Å². The third kappa shape index (κ3) is 6.26. The molecule has 0 aromatic heterocycles. The van der Waals surface area contributed by atoms with Crippen molar-refractivity contribution in [2.45, 2.75) is 43.0 Å². The van der Waals surface area contributed by atoms with Crippen molar-refractivity contribution >= 4 is 30.1 Å². The van der Waals surface area contributed by atoms with Crippen LogP contribution in [0.3, 0.4) is 0 Å². The van der Waals surface area contributed by atoms with Gasteiger partial charge in [0.1, 0.15) is 5.82 Å². The summed E-state index contributed by atoms with van der Waals surface area (Å²) in [5, 5.41) is 3.64. The zero-order chi connectivity index (χ0) is 16.1. The molecule has 1 N–H and O–H groups in total. The zero-order valence-corrected chi connectivity index (χ0v) is 15.5. The minimum absolute atomic E-state index is 0. The Labute approximate surface area is 154 Å². The van der Waals surface area contributed by atoms with Gasteiger partial charge in [-0.25, -0.2) is 4.39 Å². The molecule has 2 aliphatic rings. The van der Waals surface area contributed by atoms with Gasteiger partial charge in [0.2, 0.25) is 5.91 Å². The van der Waals surface area contributed by atoms with Crippen LogP contribution in [0.4, 0.5) is 4.39 Å². The molecular formula is C18H26ClFN2OS. The van der Waals surface area contributed by atoms with E-state index in [2.05, 4.69) is 5.32 Å². The Hall–Kier alpha value is -0.780. The first-order chi connectivity index (χ1) is 11.2. The van der Waals surface area contributed by atoms with Crippen LogP contribution in [0, 0.1) is 11.7 Å². The van der Waals surface area contributed by atoms with Gasteiger partial charge in [-0.15, -0.1) is 24.2 Å². The van der Waals surface area contributed by atoms with Gasteiger partial charge < -0.3 is 10.2 Å². The summed E-state index contributed by atoms with van der Waals surface area (Å²) >= 11 is 1.61. The van der Waals surface area contributed by atoms with Gasteiger partial charge in [0, 0.05) is 36.2 Å². The first-order valence-electron chi connectivity index (χ1n) is 8.60. The number of nitrogens with one attached hydrogen (secondary N) is 1. The van der Waals surface area contributed by atoms with E-state index < -0.39 is 0 Å². The summed E-state index contributed by atoms with van der Waals surface area (Å²) in [6.45, 7) is 2.91. The SMILES string of the molecule is Cl.O=C(CCSc1ccc(F)cc1)N1CCC(NCC2CC2)CC1. The normalized spacial score (nSPS) is 18.3. The Morgan fingerprint density at radius 1 is 1.17 bits per heavy atom. The first-order valence-corrected chi connectivity index (χ1v) is 9.59. The number of piperidine rings is 1. The van der Waals surface area contributed by atoms with Crippen molar-refractivity contribution in [1.82, 2.24) is 10.2 Å². The molecule has 134 valence electrons. The molecule has 1 saturated carbocycles. The highest BCUT2D eigenvalue weighted by Gasteiger charge is 2.25. The largest absolute Gasteiger partial charge is 0.343 e. The molecule has 1 saturated heterocycles. The molecule has 1 heterocycles. The third-order valence-electron chi connectivity index (χ3n) is 4.64. The van der Waals surface area contributed by atoms with Gasteiger partial charge in [-0.3, -0.25) is 4.79 Å². The highest BCUT2D eigenvalue weighted by molar-refractivity contribution is 7.99. The fourth-order valence-electron chi connectivity index (χ4n) is 2.93. The summed E-state index contributed by atoms with van der Waals surface area (Å²) in [6.07, 6.45) is 5.47. The number of carbonyl (C=O) groups excluding carboxylic acids is 1. The van der Waals surface area contributed by atoms with Crippen LogP contribution in [0.2, 0.25) is 0 Å². The predicted molar refractivity (Wildman–Crippen MR) is 99.3 cm³/mol. The molecule has 0 radical (unpaired) electrons. The van der Waals surface area contributed by atoms with Crippen molar-refractivity contribution in [2.75, 3.05) is 25.4 Å². The second kappa shape index (κ2) is 9.64. The van der Waals surface area contributed by atoms with Gasteiger partial charge in [0.15, 0.2) is 0 Å². The van der Waals surface area contributed by atoms with Crippen LogP contribution < -0.4 is 5.32 Å². The van der Waals surface area contributed by atoms with Crippen molar-refractivity contribution in [2.24, 2.45) is 5.92 Å². The van der Waals surface area contributed by atoms with Gasteiger partial charge in [-0.1, -0.05) is 0 Å². The molecule has 0 unspecified atom stereocenters. The summed E-state index contributed by atoms with van der Waals surface area (Å²) in [5.74, 6) is 1.70. The standard InChI is InChI=1S/C18H25FN2OS.ClH/c19-15-3-5-17(6-4-15)23-12-9-18(22)21-10-7-16(8-11-21)20-13-14-1-2-14;/h3-6,14,16,20H,1-2,7-13H2;1H. The van der Waals surface area contributed by atoms with Gasteiger partial charge in [0.25, 0.3) is 0 Å². The van der Waals surface area contributed by atoms with Crippen molar-refractivity contribution in [3.8, 4) is 0 Å². The van der Waals surface area contributed by atoms with E-state index >= 15 is 0 Å². The van der Waals surface area contributed by atoms with Crippen LogP contribution in [0.5, 0.6) is 0 Å². The molecule has 3 rings (SSSR count). The number of likely N-dealkylation sites (tertiary alicyclic amines) is 1. The number of benzene rings is 1. The van der Waals surface area contributed by atoms with Gasteiger partial charge >= 0.3 is 0 Å². The predicted octanol–water partition coefficient (Wildman–Crippen LogP) is 3.72. The van der Waals surface area contributed by atoms with Crippen molar-refractivity contribution in [3.63, 3.8) is 0 Å². The minimum atomic E-state index is -0.219. The smallest absolute Gasteiger partial charge is 0.223 e. The topological polar surface area (TPSA) is 32.3 Å². The van der Waals surface area contributed by atoms with E-state index in [0.717, 1.165) is 49.0 Å². The number of hydrogen-bond donors (Lipinski definition) is 1. The summed E-state index contributed by atoms with van der Waals surface area (Å²) in [5.41, 5.74) is 0. The van der Waals surface area contributed by atoms with E-state index in [-0.39, 0.29) is 24.1 Å². The molecule has 0 atom stereocenters. The number of carbonyl (C=O) groups is 1. The van der Waals surface area contributed by atoms with E-state index in [0.29, 0.717) is 12.5 Å². The maximum Gasteiger partial charge on any atom is 0.223 e. The Morgan fingerprint density at radius 2 is 1.83 bits per heavy atom. The van der Waals surface area contributed by atoms with E-state index in [1.54, 1.807) is 23.9 Å². The van der Waals surface area contributed by atoms with E-state index in [1.807, 2.05) is 4.90 Å². The fraction of sp³-hybridized carbons (Fsp3) is 0.611. The van der Waals surface area contributed by atoms with Crippen molar-refractivity contribution in [3.05, 3.63) is 30.1 Å². The van der Waals surface area contributed by atoms with Crippen LogP contribution in [-0.2, 0) is 4.79 Å². The summed E-state index contributed by atoms with van der Waals surface area (Å²) in [4.78, 5) is 15.3. The lowest BCUT2D eigenvalue weighted by Crippen LogP contribution is -2.45. The quantitative estimate of drug-likeness (QED) is 0.740. The first kappa shape index (κ1) is 19.5. The van der Waals surface area contributed by atoms with E-state index in [1.165, 1.54) is 25.0 Å². The maximum atomic E-state index is 12.8. The fourth-order valence-corrected chi connectivity index (χ4v) is 3.77. The van der Waals surface area contributed by atoms with Crippen LogP contribution in [0.15, 0.2) is 29.2 Å². The Kier molecular flexibility index (Phi) is 7.85. The van der Waals surface area contributed by atoms with Crippen molar-refractivity contribution in [1.29, 1.82) is 0 Å². The highest BCUT2D eigenvalue weighted by Crippen LogP contribution is 2.28. The molecule has 1 aromatic carbocycles. The molecule has 1 aliphatic heterocycles. The second-order valence-electron chi connectivity index (χ2n) is 6.56. The lowest BCUT2D eigenvalue weighted by Gasteiger charge is -2.32. The lowest BCUT2D eigenvalue weighted by atomic mass is 10.0. The summed E-state index contributed by atoms with van der Waals surface area (Å²) in [7, 11) is 0. The van der Waals surface area contributed by atoms with Crippen LogP contribution in [-0.4, -0.2) is 42.2 Å². The van der Waals surface area contributed by atoms with Crippen LogP contribution in [0.25, 0.3) is 0 Å². The average molecular weight is 373 g/mol. The van der Waals surface area contributed by atoms with Gasteiger partial charge in [-0.05, 0) is 62.4 Å². The molecule has 1 aromatic rings. The lowest BCUT2D eigenvalue weighted by molar-refractivity contribution is -0.131. The number of thioether (sulfide) groups is 1. The second-order valence-corrected chi connectivity index (χ2v) is 7.73. The number of rotatable bonds is 7. The van der Waals surface area contributed by atoms with E-state index in [9.17, 15) is 9.18 Å². The van der Waals surface area contributed by atoms with Gasteiger partial charge in [-0.2, -0.15) is 0 Å². The van der Waals surface area contributed by atoms with Crippen molar-refractivity contribution < 1.29 is 9.18 Å². The van der Waals surface area contributed by atoms with Crippen LogP contribution >= 0.6 is 24.2 Å². The monoisotopic (exact) mass is 372 g/mol. The van der Waals surface area contributed by atoms with Crippen LogP contribution in [0.1, 0.15) is 32.1 Å². The summed E-state index contributed by atoms with van der Waals surface area (Å²) in [6, 6.07) is 7.05. The Morgan fingerprint density at radius 3 is 2.46 bits per heavy atom. The molecule has 3 nitrogen and oxygen atoms in total. The molecule has 0 bridgehead atoms. The molecule has 1 amide bonds. The number of halogens is 2. The molecule has 6 heteroatoms. The molecular weight excluding hydrogens is 347 g/mol. The third-order valence-corrected chi connectivity index (χ3v) is 5.65. The molecule has 1 aliphatic carbocycles. The zero-order valence-electron chi connectivity index (χ0n) is 13.9. The highest BCUT2D eigenvalue weighted by atomic mass is 35.5.